The molecule has 1 aromatic heterocycles. The highest BCUT2D eigenvalue weighted by molar-refractivity contribution is 5.72. The molecule has 7 heteroatoms. The van der Waals surface area contributed by atoms with Crippen molar-refractivity contribution in [2.45, 2.75) is 13.8 Å². The van der Waals surface area contributed by atoms with Crippen LogP contribution in [0, 0.1) is 13.8 Å². The molecule has 0 bridgehead atoms. The summed E-state index contributed by atoms with van der Waals surface area (Å²) in [5, 5.41) is 16.8. The maximum absolute atomic E-state index is 10.8. The van der Waals surface area contributed by atoms with Gasteiger partial charge in [-0.3, -0.25) is 4.79 Å². The van der Waals surface area contributed by atoms with Crippen molar-refractivity contribution in [3.8, 4) is 0 Å². The topological polar surface area (TPSA) is 82.5 Å². The first-order valence-corrected chi connectivity index (χ1v) is 5.69. The summed E-state index contributed by atoms with van der Waals surface area (Å²) in [5.41, 5.74) is 1.52. The summed E-state index contributed by atoms with van der Waals surface area (Å²) >= 11 is 0. The second-order valence-electron chi connectivity index (χ2n) is 4.40. The van der Waals surface area contributed by atoms with Crippen molar-refractivity contribution in [3.05, 3.63) is 11.4 Å². The van der Waals surface area contributed by atoms with Crippen molar-refractivity contribution in [2.24, 2.45) is 0 Å². The van der Waals surface area contributed by atoms with Crippen LogP contribution in [0.1, 0.15) is 11.4 Å². The van der Waals surface area contributed by atoms with Crippen LogP contribution in [0.4, 0.5) is 5.95 Å². The van der Waals surface area contributed by atoms with Gasteiger partial charge in [-0.05, 0) is 27.9 Å². The highest BCUT2D eigenvalue weighted by Crippen LogP contribution is 2.08. The fourth-order valence-electron chi connectivity index (χ4n) is 1.31. The van der Waals surface area contributed by atoms with Crippen molar-refractivity contribution < 1.29 is 9.90 Å². The molecule has 0 radical (unpaired) electrons. The van der Waals surface area contributed by atoms with Crippen LogP contribution in [-0.2, 0) is 4.79 Å². The maximum Gasteiger partial charge on any atom is 0.323 e. The molecule has 0 fully saturated rings. The molecule has 0 spiro atoms. The van der Waals surface area contributed by atoms with Crippen LogP contribution >= 0.6 is 0 Å². The molecule has 18 heavy (non-hydrogen) atoms. The number of hydrogen-bond donors (Lipinski definition) is 1. The molecule has 1 aromatic rings. The Morgan fingerprint density at radius 2 is 1.83 bits per heavy atom. The third-order valence-corrected chi connectivity index (χ3v) is 2.51. The first kappa shape index (κ1) is 14.3. The predicted octanol–water partition coefficient (Wildman–Crippen LogP) is -0.0590. The van der Waals surface area contributed by atoms with E-state index in [1.807, 2.05) is 32.8 Å². The number of aryl methyl sites for hydroxylation is 2. The summed E-state index contributed by atoms with van der Waals surface area (Å²) in [5.74, 6) is -0.544. The van der Waals surface area contributed by atoms with Gasteiger partial charge in [0.1, 0.15) is 6.54 Å². The van der Waals surface area contributed by atoms with Crippen molar-refractivity contribution >= 4 is 11.9 Å². The van der Waals surface area contributed by atoms with Gasteiger partial charge in [-0.2, -0.15) is 5.10 Å². The summed E-state index contributed by atoms with van der Waals surface area (Å²) < 4.78 is 0. The van der Waals surface area contributed by atoms with Gasteiger partial charge in [0.05, 0.1) is 11.4 Å². The van der Waals surface area contributed by atoms with Crippen LogP contribution in [0.5, 0.6) is 0 Å². The monoisotopic (exact) mass is 253 g/mol. The molecule has 1 heterocycles. The van der Waals surface area contributed by atoms with E-state index >= 15 is 0 Å². The van der Waals surface area contributed by atoms with Crippen LogP contribution in [0.25, 0.3) is 0 Å². The zero-order valence-corrected chi connectivity index (χ0v) is 11.2. The molecule has 0 aliphatic carbocycles. The number of carboxylic acids is 1. The van der Waals surface area contributed by atoms with E-state index in [-0.39, 0.29) is 6.54 Å². The van der Waals surface area contributed by atoms with Gasteiger partial charge in [0.15, 0.2) is 0 Å². The lowest BCUT2D eigenvalue weighted by Crippen LogP contribution is -2.37. The number of carbonyl (C=O) groups is 1. The summed E-state index contributed by atoms with van der Waals surface area (Å²) in [4.78, 5) is 18.7. The average Bonchev–Trinajstić information content (AvgIpc) is 2.27. The first-order chi connectivity index (χ1) is 8.40. The van der Waals surface area contributed by atoms with E-state index < -0.39 is 5.97 Å². The first-order valence-electron chi connectivity index (χ1n) is 5.69. The van der Waals surface area contributed by atoms with Crippen molar-refractivity contribution in [1.29, 1.82) is 0 Å². The molecule has 1 N–H and O–H groups in total. The minimum Gasteiger partial charge on any atom is -0.480 e. The summed E-state index contributed by atoms with van der Waals surface area (Å²) in [7, 11) is 3.86. The quantitative estimate of drug-likeness (QED) is 0.760. The fraction of sp³-hybridized carbons (Fsp3) is 0.636. The Balaban J connectivity index is 2.86. The van der Waals surface area contributed by atoms with Gasteiger partial charge in [-0.25, -0.2) is 4.98 Å². The van der Waals surface area contributed by atoms with Crippen LogP contribution < -0.4 is 4.90 Å². The van der Waals surface area contributed by atoms with Crippen molar-refractivity contribution in [2.75, 3.05) is 38.6 Å². The lowest BCUT2D eigenvalue weighted by Gasteiger charge is -2.22. The molecule has 0 amide bonds. The van der Waals surface area contributed by atoms with Crippen LogP contribution in [-0.4, -0.2) is 64.9 Å². The number of carboxylic acid groups (broad SMARTS) is 1. The van der Waals surface area contributed by atoms with Gasteiger partial charge in [0.25, 0.3) is 0 Å². The number of anilines is 1. The third kappa shape index (κ3) is 4.25. The van der Waals surface area contributed by atoms with E-state index in [1.54, 1.807) is 4.90 Å². The number of hydrogen-bond acceptors (Lipinski definition) is 6. The Morgan fingerprint density at radius 3 is 2.33 bits per heavy atom. The molecule has 0 aromatic carbocycles. The van der Waals surface area contributed by atoms with Gasteiger partial charge in [-0.15, -0.1) is 5.10 Å². The summed E-state index contributed by atoms with van der Waals surface area (Å²) in [6.07, 6.45) is 0. The molecule has 0 atom stereocenters. The van der Waals surface area contributed by atoms with Crippen LogP contribution in [0.3, 0.4) is 0 Å². The zero-order valence-electron chi connectivity index (χ0n) is 11.2. The van der Waals surface area contributed by atoms with Gasteiger partial charge in [-0.1, -0.05) is 0 Å². The second kappa shape index (κ2) is 6.25. The lowest BCUT2D eigenvalue weighted by atomic mass is 10.4. The molecule has 0 aliphatic rings. The van der Waals surface area contributed by atoms with Gasteiger partial charge in [0, 0.05) is 13.1 Å². The summed E-state index contributed by atoms with van der Waals surface area (Å²) in [6.45, 7) is 4.80. The molecule has 0 saturated carbocycles. The maximum atomic E-state index is 10.8. The Labute approximate surface area is 106 Å². The third-order valence-electron chi connectivity index (χ3n) is 2.51. The number of likely N-dealkylation sites (N-methyl/N-ethyl adjacent to an activating group) is 1. The molecule has 0 aliphatic heterocycles. The van der Waals surface area contributed by atoms with E-state index in [0.29, 0.717) is 12.5 Å². The van der Waals surface area contributed by atoms with E-state index in [2.05, 4.69) is 15.2 Å². The normalized spacial score (nSPS) is 10.7. The highest BCUT2D eigenvalue weighted by Gasteiger charge is 2.15. The largest absolute Gasteiger partial charge is 0.480 e. The molecule has 0 unspecified atom stereocenters. The van der Waals surface area contributed by atoms with Crippen LogP contribution in [0.2, 0.25) is 0 Å². The van der Waals surface area contributed by atoms with Crippen LogP contribution in [0.15, 0.2) is 0 Å². The minimum absolute atomic E-state index is 0.127. The average molecular weight is 253 g/mol. The van der Waals surface area contributed by atoms with Gasteiger partial charge < -0.3 is 14.9 Å². The highest BCUT2D eigenvalue weighted by atomic mass is 16.4. The Kier molecular flexibility index (Phi) is 4.96. The van der Waals surface area contributed by atoms with Crippen molar-refractivity contribution in [1.82, 2.24) is 20.1 Å². The number of aliphatic carboxylic acids is 1. The van der Waals surface area contributed by atoms with Gasteiger partial charge in [0.2, 0.25) is 5.95 Å². The standard InChI is InChI=1S/C11H19N5O2/c1-8-9(2)13-14-11(12-8)16(7-10(17)18)6-5-15(3)4/h5-7H2,1-4H3,(H,17,18). The Bertz CT molecular complexity index is 422. The molecule has 7 nitrogen and oxygen atoms in total. The van der Waals surface area contributed by atoms with E-state index in [4.69, 9.17) is 5.11 Å². The smallest absolute Gasteiger partial charge is 0.323 e. The minimum atomic E-state index is -0.907. The molecule has 100 valence electrons. The molecule has 1 rings (SSSR count). The Hall–Kier alpha value is -1.76. The number of aromatic nitrogens is 3. The number of rotatable bonds is 6. The molecular weight excluding hydrogens is 234 g/mol. The lowest BCUT2D eigenvalue weighted by molar-refractivity contribution is -0.135. The fourth-order valence-corrected chi connectivity index (χ4v) is 1.31. The van der Waals surface area contributed by atoms with Crippen molar-refractivity contribution in [3.63, 3.8) is 0 Å². The van der Waals surface area contributed by atoms with Gasteiger partial charge >= 0.3 is 5.97 Å². The molecule has 0 saturated heterocycles. The Morgan fingerprint density at radius 1 is 1.17 bits per heavy atom. The zero-order chi connectivity index (χ0) is 13.7. The number of nitrogens with zero attached hydrogens (tertiary/aromatic N) is 5. The summed E-state index contributed by atoms with van der Waals surface area (Å²) in [6, 6.07) is 0. The van der Waals surface area contributed by atoms with E-state index in [0.717, 1.165) is 17.9 Å². The van der Waals surface area contributed by atoms with E-state index in [9.17, 15) is 4.79 Å². The second-order valence-corrected chi connectivity index (χ2v) is 4.40. The SMILES string of the molecule is Cc1nnc(N(CCN(C)C)CC(=O)O)nc1C. The van der Waals surface area contributed by atoms with E-state index in [1.165, 1.54) is 0 Å². The molecular formula is C11H19N5O2. The predicted molar refractivity (Wildman–Crippen MR) is 67.7 cm³/mol.